The summed E-state index contributed by atoms with van der Waals surface area (Å²) < 4.78 is 28.8. The number of hydrogen-bond donors (Lipinski definition) is 3. The van der Waals surface area contributed by atoms with Crippen molar-refractivity contribution in [2.75, 3.05) is 11.1 Å². The molecular formula is C36H40F2N4. The second-order valence-corrected chi connectivity index (χ2v) is 10.8. The molecule has 0 atom stereocenters. The number of aromatic nitrogens is 1. The van der Waals surface area contributed by atoms with Crippen LogP contribution in [-0.4, -0.2) is 4.98 Å². The third-order valence-electron chi connectivity index (χ3n) is 6.64. The smallest absolute Gasteiger partial charge is 0.146 e. The SMILES string of the molecule is C#C.C=C/C=C(\C(C)=C(/C)NC(=C)Cc1cc(-c2cncc(NC(=C)C(C)(C)C)c2)cc(F)c1N)c1cccc(F)c1. The van der Waals surface area contributed by atoms with E-state index in [0.29, 0.717) is 23.2 Å². The molecule has 2 aromatic carbocycles. The Morgan fingerprint density at radius 2 is 1.71 bits per heavy atom. The first-order chi connectivity index (χ1) is 19.8. The topological polar surface area (TPSA) is 63.0 Å². The summed E-state index contributed by atoms with van der Waals surface area (Å²) in [6, 6.07) is 11.6. The van der Waals surface area contributed by atoms with Crippen LogP contribution in [0.25, 0.3) is 16.7 Å². The summed E-state index contributed by atoms with van der Waals surface area (Å²) in [5.74, 6) is -0.827. The molecule has 0 amide bonds. The molecule has 3 aromatic rings. The number of anilines is 2. The quantitative estimate of drug-likeness (QED) is 0.130. The molecule has 4 nitrogen and oxygen atoms in total. The Kier molecular flexibility index (Phi) is 11.6. The Balaban J connectivity index is 0.00000301. The number of allylic oxidation sites excluding steroid dienone is 7. The van der Waals surface area contributed by atoms with Crippen molar-refractivity contribution < 1.29 is 8.78 Å². The van der Waals surface area contributed by atoms with E-state index in [4.69, 9.17) is 5.73 Å². The molecule has 42 heavy (non-hydrogen) atoms. The zero-order valence-electron chi connectivity index (χ0n) is 25.1. The van der Waals surface area contributed by atoms with E-state index in [-0.39, 0.29) is 16.9 Å². The Morgan fingerprint density at radius 1 is 1.02 bits per heavy atom. The van der Waals surface area contributed by atoms with E-state index in [0.717, 1.165) is 39.4 Å². The predicted molar refractivity (Wildman–Crippen MR) is 175 cm³/mol. The van der Waals surface area contributed by atoms with Gasteiger partial charge in [-0.25, -0.2) is 8.78 Å². The van der Waals surface area contributed by atoms with Gasteiger partial charge in [-0.2, -0.15) is 0 Å². The zero-order chi connectivity index (χ0) is 31.6. The first kappa shape index (κ1) is 33.3. The Labute approximate surface area is 249 Å². The van der Waals surface area contributed by atoms with E-state index in [1.54, 1.807) is 24.5 Å². The van der Waals surface area contributed by atoms with Crippen molar-refractivity contribution in [3.05, 3.63) is 132 Å². The number of hydrogen-bond acceptors (Lipinski definition) is 4. The highest BCUT2D eigenvalue weighted by Crippen LogP contribution is 2.31. The lowest BCUT2D eigenvalue weighted by atomic mass is 9.93. The van der Waals surface area contributed by atoms with Gasteiger partial charge in [0.2, 0.25) is 0 Å². The van der Waals surface area contributed by atoms with E-state index in [9.17, 15) is 8.78 Å². The third-order valence-corrected chi connectivity index (χ3v) is 6.64. The summed E-state index contributed by atoms with van der Waals surface area (Å²) in [7, 11) is 0. The lowest BCUT2D eigenvalue weighted by molar-refractivity contribution is 0.509. The molecule has 1 aromatic heterocycles. The van der Waals surface area contributed by atoms with Crippen LogP contribution in [0, 0.1) is 29.9 Å². The fourth-order valence-electron chi connectivity index (χ4n) is 4.06. The van der Waals surface area contributed by atoms with Crippen LogP contribution in [0.15, 0.2) is 109 Å². The Hall–Kier alpha value is -4.89. The monoisotopic (exact) mass is 566 g/mol. The fourth-order valence-corrected chi connectivity index (χ4v) is 4.06. The average molecular weight is 567 g/mol. The second-order valence-electron chi connectivity index (χ2n) is 10.8. The maximum Gasteiger partial charge on any atom is 0.146 e. The highest BCUT2D eigenvalue weighted by atomic mass is 19.1. The molecule has 0 radical (unpaired) electrons. The molecular weight excluding hydrogens is 526 g/mol. The number of benzene rings is 2. The molecule has 0 aliphatic rings. The molecule has 0 spiro atoms. The third kappa shape index (κ3) is 8.81. The van der Waals surface area contributed by atoms with Crippen molar-refractivity contribution in [2.24, 2.45) is 5.41 Å². The lowest BCUT2D eigenvalue weighted by Crippen LogP contribution is -2.15. The van der Waals surface area contributed by atoms with Gasteiger partial charge in [-0.15, -0.1) is 12.8 Å². The zero-order valence-corrected chi connectivity index (χ0v) is 25.1. The van der Waals surface area contributed by atoms with Crippen LogP contribution < -0.4 is 16.4 Å². The number of nitrogens with two attached hydrogens (primary N) is 1. The summed E-state index contributed by atoms with van der Waals surface area (Å²) in [6.45, 7) is 22.1. The number of halogens is 2. The summed E-state index contributed by atoms with van der Waals surface area (Å²) in [6.07, 6.45) is 15.2. The van der Waals surface area contributed by atoms with Gasteiger partial charge in [0.05, 0.1) is 17.6 Å². The number of nitrogens with zero attached hydrogens (tertiary/aromatic N) is 1. The van der Waals surface area contributed by atoms with Crippen LogP contribution in [0.3, 0.4) is 0 Å². The van der Waals surface area contributed by atoms with Crippen LogP contribution in [0.2, 0.25) is 0 Å². The lowest BCUT2D eigenvalue weighted by Gasteiger charge is -2.23. The van der Waals surface area contributed by atoms with Gasteiger partial charge in [0.1, 0.15) is 11.6 Å². The van der Waals surface area contributed by atoms with Gasteiger partial charge < -0.3 is 16.4 Å². The molecule has 218 valence electrons. The van der Waals surface area contributed by atoms with Gasteiger partial charge in [0.15, 0.2) is 0 Å². The minimum Gasteiger partial charge on any atom is -0.396 e. The van der Waals surface area contributed by atoms with Crippen molar-refractivity contribution >= 4 is 16.9 Å². The van der Waals surface area contributed by atoms with Crippen molar-refractivity contribution in [2.45, 2.75) is 41.0 Å². The van der Waals surface area contributed by atoms with Gasteiger partial charge in [-0.1, -0.05) is 64.8 Å². The summed E-state index contributed by atoms with van der Waals surface area (Å²) in [4.78, 5) is 4.33. The summed E-state index contributed by atoms with van der Waals surface area (Å²) >= 11 is 0. The number of nitrogens with one attached hydrogen (secondary N) is 2. The number of nitrogen functional groups attached to an aromatic ring is 1. The van der Waals surface area contributed by atoms with E-state index in [2.05, 4.69) is 69.0 Å². The van der Waals surface area contributed by atoms with E-state index in [1.165, 1.54) is 18.2 Å². The minimum atomic E-state index is -0.511. The number of rotatable bonds is 10. The van der Waals surface area contributed by atoms with Crippen LogP contribution in [0.4, 0.5) is 20.2 Å². The first-order valence-electron chi connectivity index (χ1n) is 13.3. The first-order valence-corrected chi connectivity index (χ1v) is 13.3. The number of terminal acetylenes is 1. The summed E-state index contributed by atoms with van der Waals surface area (Å²) in [5.41, 5.74) is 13.6. The molecule has 0 unspecified atom stereocenters. The normalized spacial score (nSPS) is 11.9. The van der Waals surface area contributed by atoms with Crippen LogP contribution in [0.5, 0.6) is 0 Å². The average Bonchev–Trinajstić information content (AvgIpc) is 2.94. The van der Waals surface area contributed by atoms with Crippen molar-refractivity contribution in [1.29, 1.82) is 0 Å². The van der Waals surface area contributed by atoms with Gasteiger partial charge >= 0.3 is 0 Å². The van der Waals surface area contributed by atoms with Crippen molar-refractivity contribution in [3.8, 4) is 24.0 Å². The van der Waals surface area contributed by atoms with Crippen molar-refractivity contribution in [1.82, 2.24) is 10.3 Å². The molecule has 3 rings (SSSR count). The van der Waals surface area contributed by atoms with Gasteiger partial charge in [0, 0.05) is 40.7 Å². The van der Waals surface area contributed by atoms with E-state index < -0.39 is 5.82 Å². The highest BCUT2D eigenvalue weighted by Gasteiger charge is 2.16. The second kappa shape index (κ2) is 14.7. The molecule has 0 aliphatic heterocycles. The fraction of sp³-hybridized carbons (Fsp3) is 0.194. The molecule has 4 N–H and O–H groups in total. The molecule has 0 saturated heterocycles. The highest BCUT2D eigenvalue weighted by molar-refractivity contribution is 5.80. The molecule has 0 fully saturated rings. The van der Waals surface area contributed by atoms with E-state index in [1.807, 2.05) is 38.1 Å². The van der Waals surface area contributed by atoms with Gasteiger partial charge in [0.25, 0.3) is 0 Å². The van der Waals surface area contributed by atoms with Crippen LogP contribution >= 0.6 is 0 Å². The van der Waals surface area contributed by atoms with Gasteiger partial charge in [-0.05, 0) is 72.0 Å². The van der Waals surface area contributed by atoms with Crippen molar-refractivity contribution in [3.63, 3.8) is 0 Å². The van der Waals surface area contributed by atoms with Gasteiger partial charge in [-0.3, -0.25) is 4.98 Å². The molecule has 1 heterocycles. The molecule has 0 bridgehead atoms. The standard InChI is InChI=1S/C34H38F2N4.C2H2/c1-9-11-31(25-12-10-13-29(35)16-25)22(3)23(4)39-21(2)14-27-15-26(18-32(36)33(27)37)28-17-30(20-38-19-28)40-24(5)34(6,7)8;1-2/h9-13,15-20,39-40H,1-2,5,14,37H2,3-4,6-8H3;1-2H/b23-22+,31-11+;. The maximum atomic E-state index is 15.0. The maximum absolute atomic E-state index is 15.0. The molecule has 0 aliphatic carbocycles. The van der Waals surface area contributed by atoms with Crippen LogP contribution in [0.1, 0.15) is 45.7 Å². The largest absolute Gasteiger partial charge is 0.396 e. The number of pyridine rings is 1. The predicted octanol–water partition coefficient (Wildman–Crippen LogP) is 9.04. The molecule has 0 saturated carbocycles. The Bertz CT molecular complexity index is 1550. The van der Waals surface area contributed by atoms with Crippen LogP contribution in [-0.2, 0) is 6.42 Å². The minimum absolute atomic E-state index is 0.0698. The Morgan fingerprint density at radius 3 is 2.33 bits per heavy atom. The summed E-state index contributed by atoms with van der Waals surface area (Å²) in [5, 5.41) is 6.60. The van der Waals surface area contributed by atoms with E-state index >= 15 is 0 Å². The molecule has 6 heteroatoms.